The van der Waals surface area contributed by atoms with Crippen molar-refractivity contribution in [1.82, 2.24) is 15.3 Å². The third-order valence-corrected chi connectivity index (χ3v) is 4.60. The van der Waals surface area contributed by atoms with Gasteiger partial charge in [0.25, 0.3) is 0 Å². The van der Waals surface area contributed by atoms with E-state index < -0.39 is 0 Å². The molecule has 0 aliphatic rings. The van der Waals surface area contributed by atoms with Crippen molar-refractivity contribution in [2.24, 2.45) is 0 Å². The Morgan fingerprint density at radius 3 is 2.04 bits per heavy atom. The molecule has 0 atom stereocenters. The molecule has 5 heteroatoms. The quantitative estimate of drug-likeness (QED) is 0.563. The Morgan fingerprint density at radius 2 is 1.46 bits per heavy atom. The van der Waals surface area contributed by atoms with E-state index in [9.17, 15) is 0 Å². The molecule has 0 aliphatic heterocycles. The zero-order valence-electron chi connectivity index (χ0n) is 14.4. The maximum Gasteiger partial charge on any atom is 0.141 e. The van der Waals surface area contributed by atoms with Crippen LogP contribution in [0.15, 0.2) is 27.4 Å². The summed E-state index contributed by atoms with van der Waals surface area (Å²) < 4.78 is 10.8. The minimum Gasteiger partial charge on any atom is -0.361 e. The Balaban J connectivity index is 2.10. The van der Waals surface area contributed by atoms with Crippen LogP contribution in [0.4, 0.5) is 0 Å². The SMILES string of the molecule is Cc1noc(C)c1-c1cc(-c2c(C)noc2C)c2c(C)c[nH]c2c1. The Bertz CT molecular complexity index is 1030. The van der Waals surface area contributed by atoms with Crippen LogP contribution in [0.3, 0.4) is 0 Å². The second kappa shape index (κ2) is 5.09. The number of nitrogens with one attached hydrogen (secondary N) is 1. The van der Waals surface area contributed by atoms with Gasteiger partial charge in [-0.1, -0.05) is 10.3 Å². The lowest BCUT2D eigenvalue weighted by atomic mass is 9.93. The van der Waals surface area contributed by atoms with E-state index >= 15 is 0 Å². The number of rotatable bonds is 2. The van der Waals surface area contributed by atoms with Crippen LogP contribution in [0.25, 0.3) is 33.2 Å². The third-order valence-electron chi connectivity index (χ3n) is 4.60. The molecule has 4 rings (SSSR count). The number of hydrogen-bond acceptors (Lipinski definition) is 4. The molecule has 0 amide bonds. The first kappa shape index (κ1) is 14.8. The highest BCUT2D eigenvalue weighted by atomic mass is 16.5. The van der Waals surface area contributed by atoms with E-state index in [-0.39, 0.29) is 0 Å². The Labute approximate surface area is 139 Å². The molecule has 0 radical (unpaired) electrons. The van der Waals surface area contributed by atoms with Crippen molar-refractivity contribution in [3.05, 3.63) is 46.8 Å². The van der Waals surface area contributed by atoms with Gasteiger partial charge in [-0.25, -0.2) is 0 Å². The number of aromatic amines is 1. The first-order valence-corrected chi connectivity index (χ1v) is 7.95. The molecule has 5 nitrogen and oxygen atoms in total. The summed E-state index contributed by atoms with van der Waals surface area (Å²) in [6.07, 6.45) is 2.03. The fourth-order valence-electron chi connectivity index (χ4n) is 3.54. The van der Waals surface area contributed by atoms with Gasteiger partial charge in [0.1, 0.15) is 11.5 Å². The molecule has 24 heavy (non-hydrogen) atoms. The van der Waals surface area contributed by atoms with Crippen LogP contribution in [0, 0.1) is 34.6 Å². The fraction of sp³-hybridized carbons (Fsp3) is 0.263. The summed E-state index contributed by atoms with van der Waals surface area (Å²) in [4.78, 5) is 3.37. The smallest absolute Gasteiger partial charge is 0.141 e. The molecular formula is C19H19N3O2. The van der Waals surface area contributed by atoms with E-state index in [4.69, 9.17) is 9.05 Å². The molecule has 0 unspecified atom stereocenters. The van der Waals surface area contributed by atoms with E-state index in [0.717, 1.165) is 50.7 Å². The molecule has 3 aromatic heterocycles. The Kier molecular flexibility index (Phi) is 3.13. The number of aryl methyl sites for hydroxylation is 5. The maximum absolute atomic E-state index is 5.40. The first-order chi connectivity index (χ1) is 11.5. The van der Waals surface area contributed by atoms with Crippen LogP contribution in [-0.4, -0.2) is 15.3 Å². The van der Waals surface area contributed by atoms with Gasteiger partial charge in [-0.05, 0) is 63.4 Å². The standard InChI is InChI=1S/C19H19N3O2/c1-9-8-20-16-7-14(18-10(2)21-23-12(18)4)6-15(17(9)16)19-11(3)22-24-13(19)5/h6-8,20H,1-5H3. The van der Waals surface area contributed by atoms with E-state index in [1.54, 1.807) is 0 Å². The molecule has 4 aromatic rings. The second-order valence-corrected chi connectivity index (χ2v) is 6.32. The molecular weight excluding hydrogens is 302 g/mol. The molecule has 0 fully saturated rings. The zero-order valence-corrected chi connectivity index (χ0v) is 14.4. The van der Waals surface area contributed by atoms with Gasteiger partial charge in [0.05, 0.1) is 11.4 Å². The molecule has 0 saturated heterocycles. The van der Waals surface area contributed by atoms with Gasteiger partial charge in [-0.15, -0.1) is 0 Å². The molecule has 1 N–H and O–H groups in total. The predicted octanol–water partition coefficient (Wildman–Crippen LogP) is 5.02. The van der Waals surface area contributed by atoms with Crippen LogP contribution >= 0.6 is 0 Å². The van der Waals surface area contributed by atoms with Gasteiger partial charge in [0, 0.05) is 28.2 Å². The summed E-state index contributed by atoms with van der Waals surface area (Å²) in [6, 6.07) is 4.33. The lowest BCUT2D eigenvalue weighted by molar-refractivity contribution is 0.393. The van der Waals surface area contributed by atoms with E-state index in [1.165, 1.54) is 10.9 Å². The topological polar surface area (TPSA) is 67.8 Å². The molecule has 0 aliphatic carbocycles. The lowest BCUT2D eigenvalue weighted by Gasteiger charge is -2.09. The number of H-pyrrole nitrogens is 1. The monoisotopic (exact) mass is 321 g/mol. The van der Waals surface area contributed by atoms with Gasteiger partial charge in [-0.3, -0.25) is 0 Å². The van der Waals surface area contributed by atoms with E-state index in [2.05, 4.69) is 34.4 Å². The Morgan fingerprint density at radius 1 is 0.833 bits per heavy atom. The van der Waals surface area contributed by atoms with Gasteiger partial charge in [0.2, 0.25) is 0 Å². The number of hydrogen-bond donors (Lipinski definition) is 1. The fourth-order valence-corrected chi connectivity index (χ4v) is 3.54. The van der Waals surface area contributed by atoms with Gasteiger partial charge < -0.3 is 14.0 Å². The summed E-state index contributed by atoms with van der Waals surface area (Å²) in [6.45, 7) is 9.94. The van der Waals surface area contributed by atoms with Crippen molar-refractivity contribution in [1.29, 1.82) is 0 Å². The predicted molar refractivity (Wildman–Crippen MR) is 93.0 cm³/mol. The van der Waals surface area contributed by atoms with Crippen LogP contribution in [0.2, 0.25) is 0 Å². The minimum absolute atomic E-state index is 0.819. The third kappa shape index (κ3) is 2.01. The van der Waals surface area contributed by atoms with Crippen LogP contribution in [0.1, 0.15) is 28.5 Å². The normalized spacial score (nSPS) is 11.5. The molecule has 0 bridgehead atoms. The molecule has 122 valence electrons. The largest absolute Gasteiger partial charge is 0.361 e. The van der Waals surface area contributed by atoms with E-state index in [1.807, 2.05) is 33.9 Å². The van der Waals surface area contributed by atoms with Crippen molar-refractivity contribution < 1.29 is 9.05 Å². The summed E-state index contributed by atoms with van der Waals surface area (Å²) in [7, 11) is 0. The van der Waals surface area contributed by atoms with Crippen LogP contribution in [-0.2, 0) is 0 Å². The Hall–Kier alpha value is -2.82. The van der Waals surface area contributed by atoms with Crippen molar-refractivity contribution in [2.45, 2.75) is 34.6 Å². The van der Waals surface area contributed by atoms with Crippen molar-refractivity contribution >= 4 is 10.9 Å². The number of fused-ring (bicyclic) bond motifs is 1. The van der Waals surface area contributed by atoms with Crippen LogP contribution in [0.5, 0.6) is 0 Å². The molecule has 1 aromatic carbocycles. The van der Waals surface area contributed by atoms with Crippen molar-refractivity contribution in [3.8, 4) is 22.3 Å². The molecule has 0 saturated carbocycles. The summed E-state index contributed by atoms with van der Waals surface area (Å²) >= 11 is 0. The molecule has 3 heterocycles. The second-order valence-electron chi connectivity index (χ2n) is 6.32. The van der Waals surface area contributed by atoms with Crippen molar-refractivity contribution in [3.63, 3.8) is 0 Å². The maximum atomic E-state index is 5.40. The average molecular weight is 321 g/mol. The van der Waals surface area contributed by atoms with Crippen molar-refractivity contribution in [2.75, 3.05) is 0 Å². The average Bonchev–Trinajstić information content (AvgIpc) is 3.18. The van der Waals surface area contributed by atoms with Crippen LogP contribution < -0.4 is 0 Å². The summed E-state index contributed by atoms with van der Waals surface area (Å²) in [5.74, 6) is 1.64. The molecule has 0 spiro atoms. The number of benzene rings is 1. The van der Waals surface area contributed by atoms with Gasteiger partial charge >= 0.3 is 0 Å². The number of aromatic nitrogens is 3. The van der Waals surface area contributed by atoms with E-state index in [0.29, 0.717) is 0 Å². The summed E-state index contributed by atoms with van der Waals surface area (Å²) in [5.41, 5.74) is 8.36. The lowest BCUT2D eigenvalue weighted by Crippen LogP contribution is -1.89. The first-order valence-electron chi connectivity index (χ1n) is 7.95. The zero-order chi connectivity index (χ0) is 17.0. The highest BCUT2D eigenvalue weighted by molar-refractivity contribution is 6.01. The number of nitrogens with zero attached hydrogens (tertiary/aromatic N) is 2. The minimum atomic E-state index is 0.819. The highest BCUT2D eigenvalue weighted by Gasteiger charge is 2.20. The highest BCUT2D eigenvalue weighted by Crippen LogP contribution is 2.39. The van der Waals surface area contributed by atoms with Gasteiger partial charge in [0.15, 0.2) is 0 Å². The summed E-state index contributed by atoms with van der Waals surface area (Å²) in [5, 5.41) is 9.41. The van der Waals surface area contributed by atoms with Gasteiger partial charge in [-0.2, -0.15) is 0 Å².